The molecule has 0 spiro atoms. The second kappa shape index (κ2) is 5.92. The molecule has 1 unspecified atom stereocenters. The third-order valence-electron chi connectivity index (χ3n) is 4.75. The first-order valence-corrected chi connectivity index (χ1v) is 7.78. The second-order valence-corrected chi connectivity index (χ2v) is 6.31. The minimum absolute atomic E-state index is 0.579. The molecule has 102 valence electrons. The highest BCUT2D eigenvalue weighted by molar-refractivity contribution is 5.24. The van der Waals surface area contributed by atoms with Gasteiger partial charge in [-0.05, 0) is 30.7 Å². The molecular formula is C18H25N. The summed E-state index contributed by atoms with van der Waals surface area (Å²) in [6.45, 7) is 6.62. The first-order chi connectivity index (χ1) is 9.33. The molecule has 1 saturated heterocycles. The molecule has 1 aromatic carbocycles. The van der Waals surface area contributed by atoms with Crippen molar-refractivity contribution in [3.63, 3.8) is 0 Å². The zero-order chi connectivity index (χ0) is 13.1. The first-order valence-electron chi connectivity index (χ1n) is 7.78. The zero-order valence-electron chi connectivity index (χ0n) is 11.9. The smallest absolute Gasteiger partial charge is 0.0389 e. The summed E-state index contributed by atoms with van der Waals surface area (Å²) in [5, 5.41) is 0. The Bertz CT molecular complexity index is 417. The van der Waals surface area contributed by atoms with Crippen LogP contribution in [-0.4, -0.2) is 18.0 Å². The molecule has 1 atom stereocenters. The Morgan fingerprint density at radius 2 is 1.79 bits per heavy atom. The second-order valence-electron chi connectivity index (χ2n) is 6.31. The van der Waals surface area contributed by atoms with E-state index in [2.05, 4.69) is 41.8 Å². The van der Waals surface area contributed by atoms with E-state index in [-0.39, 0.29) is 0 Å². The number of rotatable bonds is 3. The maximum Gasteiger partial charge on any atom is 0.0389 e. The molecule has 0 bridgehead atoms. The molecule has 19 heavy (non-hydrogen) atoms. The van der Waals surface area contributed by atoms with Gasteiger partial charge in [-0.2, -0.15) is 0 Å². The minimum Gasteiger partial charge on any atom is -0.292 e. The summed E-state index contributed by atoms with van der Waals surface area (Å²) in [4.78, 5) is 2.67. The van der Waals surface area contributed by atoms with Gasteiger partial charge in [0, 0.05) is 19.1 Å². The van der Waals surface area contributed by atoms with E-state index in [1.807, 2.05) is 0 Å². The van der Waals surface area contributed by atoms with Crippen LogP contribution in [0.2, 0.25) is 0 Å². The fraction of sp³-hybridized carbons (Fsp3) is 0.556. The normalized spacial score (nSPS) is 25.9. The quantitative estimate of drug-likeness (QED) is 0.715. The Morgan fingerprint density at radius 1 is 1.05 bits per heavy atom. The molecule has 2 fully saturated rings. The van der Waals surface area contributed by atoms with E-state index >= 15 is 0 Å². The van der Waals surface area contributed by atoms with Crippen molar-refractivity contribution in [3.05, 3.63) is 48.0 Å². The van der Waals surface area contributed by atoms with Crippen molar-refractivity contribution in [2.45, 2.75) is 44.6 Å². The van der Waals surface area contributed by atoms with Gasteiger partial charge in [-0.15, -0.1) is 0 Å². The number of hydrogen-bond donors (Lipinski definition) is 0. The van der Waals surface area contributed by atoms with Crippen molar-refractivity contribution < 1.29 is 0 Å². The fourth-order valence-corrected chi connectivity index (χ4v) is 3.76. The van der Waals surface area contributed by atoms with E-state index in [1.54, 1.807) is 0 Å². The van der Waals surface area contributed by atoms with Crippen LogP contribution in [0.5, 0.6) is 0 Å². The maximum atomic E-state index is 4.23. The van der Waals surface area contributed by atoms with Gasteiger partial charge in [0.25, 0.3) is 0 Å². The Morgan fingerprint density at radius 3 is 2.53 bits per heavy atom. The van der Waals surface area contributed by atoms with Crippen LogP contribution in [0.3, 0.4) is 0 Å². The van der Waals surface area contributed by atoms with Crippen LogP contribution in [0.1, 0.15) is 50.1 Å². The predicted octanol–water partition coefficient (Wildman–Crippen LogP) is 4.57. The van der Waals surface area contributed by atoms with Crippen LogP contribution >= 0.6 is 0 Å². The Kier molecular flexibility index (Phi) is 4.03. The molecule has 1 aromatic rings. The molecule has 1 aliphatic heterocycles. The third-order valence-corrected chi connectivity index (χ3v) is 4.75. The Hall–Kier alpha value is -1.08. The molecule has 1 nitrogen and oxygen atoms in total. The van der Waals surface area contributed by atoms with Crippen molar-refractivity contribution in [1.29, 1.82) is 0 Å². The van der Waals surface area contributed by atoms with Gasteiger partial charge in [0.05, 0.1) is 0 Å². The molecule has 1 saturated carbocycles. The molecule has 0 N–H and O–H groups in total. The van der Waals surface area contributed by atoms with Crippen molar-refractivity contribution >= 4 is 0 Å². The molecule has 0 amide bonds. The molecule has 0 aromatic heterocycles. The van der Waals surface area contributed by atoms with Crippen molar-refractivity contribution in [2.75, 3.05) is 13.1 Å². The van der Waals surface area contributed by atoms with Crippen molar-refractivity contribution in [2.24, 2.45) is 5.92 Å². The van der Waals surface area contributed by atoms with Crippen LogP contribution in [0, 0.1) is 5.92 Å². The van der Waals surface area contributed by atoms with Crippen LogP contribution < -0.4 is 0 Å². The van der Waals surface area contributed by atoms with E-state index in [1.165, 1.54) is 49.8 Å². The van der Waals surface area contributed by atoms with Gasteiger partial charge in [-0.25, -0.2) is 0 Å². The number of benzene rings is 1. The van der Waals surface area contributed by atoms with Gasteiger partial charge in [-0.1, -0.05) is 61.7 Å². The number of nitrogens with zero attached hydrogens (tertiary/aromatic N) is 1. The van der Waals surface area contributed by atoms with Gasteiger partial charge >= 0.3 is 0 Å². The SMILES string of the molecule is C=C1CC(c2ccccc2)N(CC2CCCCC2)C1. The standard InChI is InChI=1S/C18H25N/c1-15-12-18(17-10-6-3-7-11-17)19(13-15)14-16-8-4-2-5-9-16/h3,6-7,10-11,16,18H,1-2,4-5,8-9,12-14H2. The van der Waals surface area contributed by atoms with Gasteiger partial charge in [0.15, 0.2) is 0 Å². The van der Waals surface area contributed by atoms with E-state index in [0.29, 0.717) is 6.04 Å². The van der Waals surface area contributed by atoms with Crippen LogP contribution in [-0.2, 0) is 0 Å². The van der Waals surface area contributed by atoms with Gasteiger partial charge in [-0.3, -0.25) is 4.90 Å². The highest BCUT2D eigenvalue weighted by atomic mass is 15.2. The summed E-state index contributed by atoms with van der Waals surface area (Å²) in [5.74, 6) is 0.922. The topological polar surface area (TPSA) is 3.24 Å². The summed E-state index contributed by atoms with van der Waals surface area (Å²) >= 11 is 0. The average Bonchev–Trinajstić information content (AvgIpc) is 2.82. The summed E-state index contributed by atoms with van der Waals surface area (Å²) in [7, 11) is 0. The molecule has 2 aliphatic rings. The summed E-state index contributed by atoms with van der Waals surface area (Å²) < 4.78 is 0. The van der Waals surface area contributed by atoms with Crippen LogP contribution in [0.15, 0.2) is 42.5 Å². The molecule has 3 rings (SSSR count). The summed E-state index contributed by atoms with van der Waals surface area (Å²) in [6, 6.07) is 11.6. The van der Waals surface area contributed by atoms with Crippen LogP contribution in [0.25, 0.3) is 0 Å². The molecule has 1 aliphatic carbocycles. The highest BCUT2D eigenvalue weighted by Crippen LogP contribution is 2.36. The summed E-state index contributed by atoms with van der Waals surface area (Å²) in [5.41, 5.74) is 2.88. The minimum atomic E-state index is 0.579. The van der Waals surface area contributed by atoms with Gasteiger partial charge in [0.2, 0.25) is 0 Å². The highest BCUT2D eigenvalue weighted by Gasteiger charge is 2.30. The molecular weight excluding hydrogens is 230 g/mol. The molecule has 1 heteroatoms. The van der Waals surface area contributed by atoms with Gasteiger partial charge < -0.3 is 0 Å². The third kappa shape index (κ3) is 3.09. The molecule has 0 radical (unpaired) electrons. The number of hydrogen-bond acceptors (Lipinski definition) is 1. The zero-order valence-corrected chi connectivity index (χ0v) is 11.9. The van der Waals surface area contributed by atoms with E-state index in [9.17, 15) is 0 Å². The predicted molar refractivity (Wildman–Crippen MR) is 81.1 cm³/mol. The molecule has 1 heterocycles. The van der Waals surface area contributed by atoms with Crippen molar-refractivity contribution in [3.8, 4) is 0 Å². The lowest BCUT2D eigenvalue weighted by atomic mass is 9.88. The van der Waals surface area contributed by atoms with E-state index in [0.717, 1.165) is 18.9 Å². The average molecular weight is 255 g/mol. The van der Waals surface area contributed by atoms with Crippen LogP contribution in [0.4, 0.5) is 0 Å². The largest absolute Gasteiger partial charge is 0.292 e. The lowest BCUT2D eigenvalue weighted by molar-refractivity contribution is 0.190. The Labute approximate surface area is 117 Å². The monoisotopic (exact) mass is 255 g/mol. The maximum absolute atomic E-state index is 4.23. The Balaban J connectivity index is 1.69. The number of likely N-dealkylation sites (tertiary alicyclic amines) is 1. The lowest BCUT2D eigenvalue weighted by Crippen LogP contribution is -2.30. The first kappa shape index (κ1) is 12.9. The van der Waals surface area contributed by atoms with E-state index in [4.69, 9.17) is 0 Å². The summed E-state index contributed by atoms with van der Waals surface area (Å²) in [6.07, 6.45) is 8.35. The van der Waals surface area contributed by atoms with Crippen molar-refractivity contribution in [1.82, 2.24) is 4.90 Å². The fourth-order valence-electron chi connectivity index (χ4n) is 3.76. The van der Waals surface area contributed by atoms with E-state index < -0.39 is 0 Å². The lowest BCUT2D eigenvalue weighted by Gasteiger charge is -2.30. The van der Waals surface area contributed by atoms with Gasteiger partial charge in [0.1, 0.15) is 0 Å².